The zero-order valence-electron chi connectivity index (χ0n) is 8.75. The fraction of sp³-hybridized carbons (Fsp3) is 0.583. The molecular formula is C12H14N2O. The molecule has 0 saturated heterocycles. The number of aromatic nitrogens is 1. The Labute approximate surface area is 88.2 Å². The first kappa shape index (κ1) is 8.11. The maximum absolute atomic E-state index is 10.0. The van der Waals surface area contributed by atoms with E-state index in [0.717, 1.165) is 24.6 Å². The quantitative estimate of drug-likeness (QED) is 0.657. The molecule has 1 aromatic rings. The molecule has 1 fully saturated rings. The Bertz CT molecular complexity index is 488. The zero-order chi connectivity index (χ0) is 10.2. The van der Waals surface area contributed by atoms with Crippen molar-refractivity contribution >= 4 is 5.71 Å². The van der Waals surface area contributed by atoms with Crippen molar-refractivity contribution in [1.29, 1.82) is 0 Å². The Morgan fingerprint density at radius 3 is 3.27 bits per heavy atom. The highest BCUT2D eigenvalue weighted by molar-refractivity contribution is 6.02. The molecule has 3 atom stereocenters. The highest BCUT2D eigenvalue weighted by atomic mass is 16.3. The van der Waals surface area contributed by atoms with Crippen LogP contribution in [-0.4, -0.2) is 22.3 Å². The zero-order valence-corrected chi connectivity index (χ0v) is 8.75. The van der Waals surface area contributed by atoms with E-state index >= 15 is 0 Å². The molecule has 3 nitrogen and oxygen atoms in total. The maximum Gasteiger partial charge on any atom is 0.0993 e. The van der Waals surface area contributed by atoms with Crippen molar-refractivity contribution in [2.45, 2.75) is 31.3 Å². The average molecular weight is 202 g/mol. The van der Waals surface area contributed by atoms with Crippen LogP contribution in [-0.2, 0) is 5.41 Å². The lowest BCUT2D eigenvalue weighted by Crippen LogP contribution is -2.29. The number of aryl methyl sites for hydroxylation is 1. The number of aliphatic hydroxyl groups is 1. The predicted molar refractivity (Wildman–Crippen MR) is 57.2 cm³/mol. The minimum absolute atomic E-state index is 0.249. The van der Waals surface area contributed by atoms with Crippen molar-refractivity contribution in [3.8, 4) is 0 Å². The fourth-order valence-corrected chi connectivity index (χ4v) is 3.65. The van der Waals surface area contributed by atoms with Crippen LogP contribution in [0, 0.1) is 12.8 Å². The van der Waals surface area contributed by atoms with Crippen molar-refractivity contribution in [3.63, 3.8) is 0 Å². The number of hydrogen-bond donors (Lipinski definition) is 2. The number of hydrogen-bond acceptors (Lipinski definition) is 2. The summed E-state index contributed by atoms with van der Waals surface area (Å²) in [7, 11) is 0. The van der Waals surface area contributed by atoms with E-state index in [-0.39, 0.29) is 11.5 Å². The molecule has 1 aromatic heterocycles. The summed E-state index contributed by atoms with van der Waals surface area (Å²) in [5.74, 6) is 0.730. The second-order valence-corrected chi connectivity index (χ2v) is 5.14. The van der Waals surface area contributed by atoms with E-state index < -0.39 is 0 Å². The molecule has 0 bridgehead atoms. The van der Waals surface area contributed by atoms with Gasteiger partial charge in [0.1, 0.15) is 0 Å². The van der Waals surface area contributed by atoms with Crippen LogP contribution >= 0.6 is 0 Å². The van der Waals surface area contributed by atoms with Gasteiger partial charge in [0.2, 0.25) is 0 Å². The molecule has 2 N–H and O–H groups in total. The topological polar surface area (TPSA) is 48.4 Å². The third kappa shape index (κ3) is 0.729. The van der Waals surface area contributed by atoms with E-state index in [4.69, 9.17) is 0 Å². The van der Waals surface area contributed by atoms with E-state index in [0.29, 0.717) is 0 Å². The highest BCUT2D eigenvalue weighted by Gasteiger charge is 2.65. The van der Waals surface area contributed by atoms with Gasteiger partial charge in [0, 0.05) is 36.0 Å². The second-order valence-electron chi connectivity index (χ2n) is 5.14. The molecular weight excluding hydrogens is 188 g/mol. The fourth-order valence-electron chi connectivity index (χ4n) is 3.65. The van der Waals surface area contributed by atoms with Gasteiger partial charge in [-0.05, 0) is 30.4 Å². The van der Waals surface area contributed by atoms with E-state index in [1.807, 2.05) is 6.20 Å². The Morgan fingerprint density at radius 1 is 1.60 bits per heavy atom. The normalized spacial score (nSPS) is 40.5. The van der Waals surface area contributed by atoms with Crippen LogP contribution in [0.4, 0.5) is 0 Å². The van der Waals surface area contributed by atoms with Gasteiger partial charge in [-0.2, -0.15) is 0 Å². The van der Waals surface area contributed by atoms with Gasteiger partial charge < -0.3 is 10.1 Å². The minimum Gasteiger partial charge on any atom is -0.386 e. The van der Waals surface area contributed by atoms with E-state index in [2.05, 4.69) is 16.9 Å². The first-order valence-corrected chi connectivity index (χ1v) is 5.63. The number of H-pyrrole nitrogens is 1. The number of nitrogens with one attached hydrogen (secondary N) is 1. The standard InChI is InChI=1S/C12H14N2O/c1-6-4-14-11-8(15)2-9-12(10(6)11)3-7(12)5-13-9/h4,7-8,14-15H,2-3,5H2,1H3. The summed E-state index contributed by atoms with van der Waals surface area (Å²) in [6.07, 6.45) is 3.66. The van der Waals surface area contributed by atoms with Crippen molar-refractivity contribution < 1.29 is 5.11 Å². The lowest BCUT2D eigenvalue weighted by Gasteiger charge is -2.27. The largest absolute Gasteiger partial charge is 0.386 e. The molecule has 4 rings (SSSR count). The van der Waals surface area contributed by atoms with Crippen molar-refractivity contribution in [2.75, 3.05) is 6.54 Å². The van der Waals surface area contributed by atoms with E-state index in [9.17, 15) is 5.11 Å². The van der Waals surface area contributed by atoms with Gasteiger partial charge >= 0.3 is 0 Å². The van der Waals surface area contributed by atoms with Crippen molar-refractivity contribution in [3.05, 3.63) is 23.0 Å². The van der Waals surface area contributed by atoms with Gasteiger partial charge in [0.05, 0.1) is 6.10 Å². The molecule has 1 spiro atoms. The number of nitrogens with zero attached hydrogens (tertiary/aromatic N) is 1. The van der Waals surface area contributed by atoms with Crippen LogP contribution in [0.25, 0.3) is 0 Å². The Balaban J connectivity index is 2.02. The van der Waals surface area contributed by atoms with Crippen LogP contribution in [0.15, 0.2) is 11.2 Å². The molecule has 2 aliphatic carbocycles. The molecule has 78 valence electrons. The molecule has 0 amide bonds. The molecule has 3 unspecified atom stereocenters. The average Bonchev–Trinajstić information content (AvgIpc) is 2.61. The number of rotatable bonds is 0. The molecule has 0 aromatic carbocycles. The number of aliphatic hydroxyl groups excluding tert-OH is 1. The molecule has 3 aliphatic rings. The number of aliphatic imine (C=N–C) groups is 1. The number of fused-ring (bicyclic) bond motifs is 1. The van der Waals surface area contributed by atoms with Crippen LogP contribution < -0.4 is 0 Å². The molecule has 1 saturated carbocycles. The van der Waals surface area contributed by atoms with Gasteiger partial charge in [-0.25, -0.2) is 0 Å². The van der Waals surface area contributed by atoms with Crippen molar-refractivity contribution in [1.82, 2.24) is 4.98 Å². The monoisotopic (exact) mass is 202 g/mol. The summed E-state index contributed by atoms with van der Waals surface area (Å²) < 4.78 is 0. The van der Waals surface area contributed by atoms with Gasteiger partial charge in [0.15, 0.2) is 0 Å². The van der Waals surface area contributed by atoms with Crippen LogP contribution in [0.1, 0.15) is 35.8 Å². The van der Waals surface area contributed by atoms with E-state index in [1.54, 1.807) is 0 Å². The summed E-state index contributed by atoms with van der Waals surface area (Å²) in [6, 6.07) is 0. The van der Waals surface area contributed by atoms with Crippen LogP contribution in [0.2, 0.25) is 0 Å². The summed E-state index contributed by atoms with van der Waals surface area (Å²) in [6.45, 7) is 3.11. The Morgan fingerprint density at radius 2 is 2.47 bits per heavy atom. The van der Waals surface area contributed by atoms with Crippen molar-refractivity contribution in [2.24, 2.45) is 10.9 Å². The molecule has 15 heavy (non-hydrogen) atoms. The third-order valence-corrected chi connectivity index (χ3v) is 4.40. The third-order valence-electron chi connectivity index (χ3n) is 4.40. The maximum atomic E-state index is 10.0. The van der Waals surface area contributed by atoms with Crippen LogP contribution in [0.3, 0.4) is 0 Å². The van der Waals surface area contributed by atoms with Gasteiger partial charge in [-0.15, -0.1) is 0 Å². The smallest absolute Gasteiger partial charge is 0.0993 e. The molecule has 2 heterocycles. The minimum atomic E-state index is -0.363. The summed E-state index contributed by atoms with van der Waals surface area (Å²) >= 11 is 0. The second kappa shape index (κ2) is 2.19. The van der Waals surface area contributed by atoms with Gasteiger partial charge in [-0.3, -0.25) is 4.99 Å². The molecule has 3 heteroatoms. The van der Waals surface area contributed by atoms with E-state index in [1.165, 1.54) is 23.3 Å². The van der Waals surface area contributed by atoms with Gasteiger partial charge in [-0.1, -0.05) is 0 Å². The Hall–Kier alpha value is -1.09. The summed E-state index contributed by atoms with van der Waals surface area (Å²) in [4.78, 5) is 7.83. The highest BCUT2D eigenvalue weighted by Crippen LogP contribution is 2.63. The first-order valence-electron chi connectivity index (χ1n) is 5.63. The molecule has 1 aliphatic heterocycles. The van der Waals surface area contributed by atoms with Crippen LogP contribution in [0.5, 0.6) is 0 Å². The number of aromatic amines is 1. The summed E-state index contributed by atoms with van der Waals surface area (Å²) in [5.41, 5.74) is 5.22. The summed E-state index contributed by atoms with van der Waals surface area (Å²) in [5, 5.41) is 10.0. The lowest BCUT2D eigenvalue weighted by atomic mass is 9.78. The predicted octanol–water partition coefficient (Wildman–Crippen LogP) is 1.47. The lowest BCUT2D eigenvalue weighted by molar-refractivity contribution is 0.175. The SMILES string of the molecule is Cc1c[nH]c2c1C13CC1CN=C3CC2O. The first-order chi connectivity index (χ1) is 7.23. The molecule has 0 radical (unpaired) electrons. The Kier molecular flexibility index (Phi) is 1.18. The van der Waals surface area contributed by atoms with Gasteiger partial charge in [0.25, 0.3) is 0 Å².